The number of carbonyl (C=O) groups is 5. The molecule has 2 aliphatic rings. The van der Waals surface area contributed by atoms with Crippen LogP contribution in [0, 0.1) is 0 Å². The van der Waals surface area contributed by atoms with Crippen molar-refractivity contribution in [3.8, 4) is 0 Å². The summed E-state index contributed by atoms with van der Waals surface area (Å²) in [6.07, 6.45) is -0.853. The molecule has 2 aliphatic heterocycles. The number of ether oxygens (including phenoxy) is 3. The molecule has 7 aromatic carbocycles. The molecule has 9 aromatic rings. The Morgan fingerprint density at radius 3 is 1.64 bits per heavy atom. The average Bonchev–Trinajstić information content (AvgIpc) is 0.987. The van der Waals surface area contributed by atoms with Gasteiger partial charge in [0.2, 0.25) is 5.76 Å². The Morgan fingerprint density at radius 1 is 0.685 bits per heavy atom. The van der Waals surface area contributed by atoms with Gasteiger partial charge in [-0.15, -0.1) is 40.0 Å². The third-order valence-electron chi connectivity index (χ3n) is 14.2. The van der Waals surface area contributed by atoms with Crippen molar-refractivity contribution >= 4 is 87.3 Å². The molecule has 17 nitrogen and oxygen atoms in total. The van der Waals surface area contributed by atoms with Crippen LogP contribution in [0.4, 0.5) is 9.93 Å². The van der Waals surface area contributed by atoms with E-state index >= 15 is 9.59 Å². The second kappa shape index (κ2) is 27.7. The summed E-state index contributed by atoms with van der Waals surface area (Å²) in [4.78, 5) is 84.8. The Hall–Kier alpha value is -9.54. The zero-order valence-corrected chi connectivity index (χ0v) is 51.5. The zero-order chi connectivity index (χ0) is 61.9. The number of thiazole rings is 1. The third-order valence-corrected chi connectivity index (χ3v) is 19.2. The minimum absolute atomic E-state index is 0.00588. The molecule has 1 saturated heterocycles. The van der Waals surface area contributed by atoms with Gasteiger partial charge >= 0.3 is 18.0 Å². The highest BCUT2D eigenvalue weighted by atomic mass is 32.2. The number of nitrogens with one attached hydrogen (secondary N) is 3. The first-order valence-corrected chi connectivity index (χ1v) is 31.8. The number of aromatic nitrogens is 4. The summed E-state index contributed by atoms with van der Waals surface area (Å²) in [7, 11) is 0. The van der Waals surface area contributed by atoms with Crippen LogP contribution in [0.5, 0.6) is 0 Å². The van der Waals surface area contributed by atoms with E-state index < -0.39 is 80.5 Å². The Bertz CT molecular complexity index is 3840. The number of β-lactam (4-membered cyclic amide) rings is 1. The Balaban J connectivity index is 0.963. The fraction of sp³-hybridized carbons (Fsp3) is 0.162. The van der Waals surface area contributed by atoms with Gasteiger partial charge in [-0.05, 0) is 66.3 Å². The molecule has 0 bridgehead atoms. The van der Waals surface area contributed by atoms with Crippen LogP contribution in [0.3, 0.4) is 0 Å². The first-order chi connectivity index (χ1) is 43.2. The molecule has 448 valence electrons. The van der Waals surface area contributed by atoms with E-state index in [1.165, 1.54) is 45.6 Å². The second-order valence-electron chi connectivity index (χ2n) is 21.3. The number of nitrogens with zero attached hydrogens (tertiary/aromatic N) is 5. The maximum Gasteiger partial charge on any atom is 0.413 e. The number of hydrogen-bond donors (Lipinski definition) is 3. The molecule has 21 heteroatoms. The lowest BCUT2D eigenvalue weighted by Crippen LogP contribution is -2.71. The highest BCUT2D eigenvalue weighted by molar-refractivity contribution is 8.19. The van der Waals surface area contributed by atoms with E-state index in [0.29, 0.717) is 32.2 Å². The zero-order valence-electron chi connectivity index (χ0n) is 48.2. The number of amides is 3. The van der Waals surface area contributed by atoms with Crippen LogP contribution in [0.1, 0.15) is 77.6 Å². The maximum absolute atomic E-state index is 15.7. The molecule has 3 N–H and O–H groups in total. The highest BCUT2D eigenvalue weighted by Crippen LogP contribution is 2.56. The molecule has 89 heavy (non-hydrogen) atoms. The molecule has 2 aromatic heterocycles. The first-order valence-electron chi connectivity index (χ1n) is 28.1. The number of oxime groups is 1. The van der Waals surface area contributed by atoms with Crippen molar-refractivity contribution in [3.63, 3.8) is 0 Å². The molecule has 0 aliphatic carbocycles. The van der Waals surface area contributed by atoms with E-state index in [2.05, 4.69) is 79.2 Å². The van der Waals surface area contributed by atoms with Crippen LogP contribution in [-0.2, 0) is 43.6 Å². The van der Waals surface area contributed by atoms with E-state index in [0.717, 1.165) is 28.0 Å². The number of benzene rings is 7. The van der Waals surface area contributed by atoms with Gasteiger partial charge in [0, 0.05) is 16.0 Å². The number of hydrogen-bond acceptors (Lipinski definition) is 17. The second-order valence-corrected chi connectivity index (χ2v) is 25.8. The number of carbonyl (C=O) groups excluding carboxylic acids is 5. The molecular weight excluding hydrogens is 1200 g/mol. The van der Waals surface area contributed by atoms with Crippen molar-refractivity contribution in [2.45, 2.75) is 65.0 Å². The normalized spacial score (nSPS) is 15.3. The smallest absolute Gasteiger partial charge is 0.413 e. The van der Waals surface area contributed by atoms with Crippen LogP contribution in [0.15, 0.2) is 257 Å². The summed E-state index contributed by atoms with van der Waals surface area (Å²) in [5.74, 6) is -3.76. The molecule has 4 heterocycles. The molecule has 3 atom stereocenters. The summed E-state index contributed by atoms with van der Waals surface area (Å²) in [5.41, 5.74) is 3.19. The van der Waals surface area contributed by atoms with Gasteiger partial charge in [-0.1, -0.05) is 234 Å². The average molecular weight is 1260 g/mol. The van der Waals surface area contributed by atoms with Gasteiger partial charge in [0.25, 0.3) is 11.8 Å². The van der Waals surface area contributed by atoms with Crippen molar-refractivity contribution in [2.75, 3.05) is 11.1 Å². The minimum atomic E-state index is -1.26. The van der Waals surface area contributed by atoms with Crippen LogP contribution in [-0.4, -0.2) is 88.2 Å². The monoisotopic (exact) mass is 1260 g/mol. The van der Waals surface area contributed by atoms with Gasteiger partial charge < -0.3 is 24.4 Å². The lowest BCUT2D eigenvalue weighted by Gasteiger charge is -2.50. The fourth-order valence-corrected chi connectivity index (χ4v) is 15.6. The first kappa shape index (κ1) is 61.1. The van der Waals surface area contributed by atoms with Crippen molar-refractivity contribution in [3.05, 3.63) is 291 Å². The van der Waals surface area contributed by atoms with Crippen LogP contribution >= 0.6 is 46.6 Å². The summed E-state index contributed by atoms with van der Waals surface area (Å²) in [6.45, 7) is 8.92. The summed E-state index contributed by atoms with van der Waals surface area (Å²) >= 11 is 5.17. The number of aromatic amines is 1. The largest absolute Gasteiger partial charge is 0.448 e. The topological polar surface area (TPSA) is 216 Å². The van der Waals surface area contributed by atoms with Crippen LogP contribution in [0.25, 0.3) is 0 Å². The van der Waals surface area contributed by atoms with Gasteiger partial charge in [-0.25, -0.2) is 19.4 Å². The van der Waals surface area contributed by atoms with Crippen molar-refractivity contribution in [2.24, 2.45) is 5.16 Å². The highest BCUT2D eigenvalue weighted by Gasteiger charge is 2.56. The van der Waals surface area contributed by atoms with E-state index in [9.17, 15) is 14.4 Å². The molecule has 1 fully saturated rings. The maximum atomic E-state index is 15.7. The summed E-state index contributed by atoms with van der Waals surface area (Å²) < 4.78 is 17.5. The van der Waals surface area contributed by atoms with Crippen molar-refractivity contribution in [1.29, 1.82) is 0 Å². The van der Waals surface area contributed by atoms with Gasteiger partial charge in [0.05, 0.1) is 16.2 Å². The molecule has 0 spiro atoms. The number of fused-ring (bicyclic) bond motifs is 1. The Labute approximate surface area is 530 Å². The molecule has 3 amide bonds. The summed E-state index contributed by atoms with van der Waals surface area (Å²) in [5, 5.41) is 22.2. The quantitative estimate of drug-likeness (QED) is 0.00549. The Kier molecular flexibility index (Phi) is 19.0. The molecule has 0 saturated carbocycles. The SMILES string of the molecule is C=C(O/N=C(\C(=O)N[C@@H]1C(=O)N2C(C(=O)OC(c3ccccc3)c3ccccc3)=C(SC(Sc3c[nH]nn3)C(c3ccccc3)(c3ccccc3)c3ccccc3)CS[C@H]12)c1csc(NC(=O)OC(C)(C)C)n1)C(=O)OC(c1ccccc1)c1ccccc1. The molecular formula is C68H58N8O9S4. The number of anilines is 1. The predicted molar refractivity (Wildman–Crippen MR) is 345 cm³/mol. The lowest BCUT2D eigenvalue weighted by molar-refractivity contribution is -0.154. The summed E-state index contributed by atoms with van der Waals surface area (Å²) in [6, 6.07) is 66.0. The number of esters is 2. The van der Waals surface area contributed by atoms with E-state index in [4.69, 9.17) is 19.0 Å². The van der Waals surface area contributed by atoms with E-state index in [1.54, 1.807) is 27.0 Å². The van der Waals surface area contributed by atoms with E-state index in [-0.39, 0.29) is 22.3 Å². The van der Waals surface area contributed by atoms with Crippen LogP contribution < -0.4 is 10.6 Å². The van der Waals surface area contributed by atoms with Gasteiger partial charge in [0.1, 0.15) is 33.4 Å². The van der Waals surface area contributed by atoms with Crippen molar-refractivity contribution < 1.29 is 43.0 Å². The predicted octanol–water partition coefficient (Wildman–Crippen LogP) is 13.0. The van der Waals surface area contributed by atoms with Gasteiger partial charge in [0.15, 0.2) is 23.1 Å². The number of H-pyrrole nitrogens is 1. The van der Waals surface area contributed by atoms with E-state index in [1.807, 2.05) is 176 Å². The minimum Gasteiger partial charge on any atom is -0.448 e. The molecule has 1 unspecified atom stereocenters. The number of rotatable bonds is 22. The van der Waals surface area contributed by atoms with Gasteiger partial charge in [-0.2, -0.15) is 0 Å². The van der Waals surface area contributed by atoms with Crippen molar-refractivity contribution in [1.82, 2.24) is 30.6 Å². The fourth-order valence-electron chi connectivity index (χ4n) is 10.3. The Morgan fingerprint density at radius 2 is 1.17 bits per heavy atom. The standard InChI is InChI=1S/C68H58N8O9S4/c1-43(62(79)82-57(44-26-12-5-13-27-44)45-28-14-6-15-29-45)85-74-54(51-41-87-65(70-51)72-66(81)84-67(2,3)4)59(77)71-55-60(78)76-56(63(80)83-58(46-30-16-7-17-31-46)47-32-18-8-19-33-47)52(42-86-61(55)76)88-64(89-53-40-69-75-73-53)68(48-34-20-9-21-35-48,49-36-22-10-23-37-49)50-38-24-11-25-39-50/h5-41,55,57-58,61,64H,1,42H2,2-4H3,(H,71,77)(H,69,73,75)(H,70,72,81)/b74-54-/t55-,61-,64?/m1/s1. The molecule has 0 radical (unpaired) electrons. The lowest BCUT2D eigenvalue weighted by atomic mass is 9.70. The van der Waals surface area contributed by atoms with Gasteiger partial charge in [-0.3, -0.25) is 24.9 Å². The third kappa shape index (κ3) is 13.9. The number of thioether (sulfide) groups is 3. The van der Waals surface area contributed by atoms with Crippen LogP contribution in [0.2, 0.25) is 0 Å². The molecule has 11 rings (SSSR count).